The van der Waals surface area contributed by atoms with Crippen LogP contribution in [0.3, 0.4) is 0 Å². The summed E-state index contributed by atoms with van der Waals surface area (Å²) < 4.78 is 5.17. The van der Waals surface area contributed by atoms with Crippen molar-refractivity contribution in [1.29, 1.82) is 0 Å². The first kappa shape index (κ1) is 18.6. The van der Waals surface area contributed by atoms with Gasteiger partial charge in [0.25, 0.3) is 0 Å². The van der Waals surface area contributed by atoms with E-state index in [0.29, 0.717) is 26.1 Å². The highest BCUT2D eigenvalue weighted by molar-refractivity contribution is 7.11. The summed E-state index contributed by atoms with van der Waals surface area (Å²) in [4.78, 5) is 20.1. The summed E-state index contributed by atoms with van der Waals surface area (Å²) in [5.74, 6) is 0.123. The first-order valence-corrected chi connectivity index (χ1v) is 9.12. The number of nitrogens with zero attached hydrogens (tertiary/aromatic N) is 2. The Morgan fingerprint density at radius 3 is 2.42 bits per heavy atom. The molecule has 4 nitrogen and oxygen atoms in total. The van der Waals surface area contributed by atoms with Crippen molar-refractivity contribution >= 4 is 17.2 Å². The molecule has 1 amide bonds. The quantitative estimate of drug-likeness (QED) is 0.734. The SMILES string of the molecule is CCc1ccc(CN(CCOC)C(=O)Cc2sc(C)nc2C)cc1. The molecule has 0 atom stereocenters. The third-order valence-electron chi connectivity index (χ3n) is 4.03. The van der Waals surface area contributed by atoms with E-state index in [2.05, 4.69) is 36.2 Å². The second kappa shape index (κ2) is 8.94. The summed E-state index contributed by atoms with van der Waals surface area (Å²) in [6.07, 6.45) is 1.44. The average Bonchev–Trinajstić information content (AvgIpc) is 2.89. The molecule has 24 heavy (non-hydrogen) atoms. The van der Waals surface area contributed by atoms with Crippen molar-refractivity contribution in [3.05, 3.63) is 51.0 Å². The number of aryl methyl sites for hydroxylation is 3. The van der Waals surface area contributed by atoms with Gasteiger partial charge in [-0.05, 0) is 31.4 Å². The van der Waals surface area contributed by atoms with Crippen molar-refractivity contribution < 1.29 is 9.53 Å². The van der Waals surface area contributed by atoms with Crippen LogP contribution in [0.5, 0.6) is 0 Å². The molecule has 0 aliphatic carbocycles. The maximum absolute atomic E-state index is 12.8. The molecule has 0 bridgehead atoms. The topological polar surface area (TPSA) is 42.4 Å². The van der Waals surface area contributed by atoms with Gasteiger partial charge in [0.1, 0.15) is 0 Å². The van der Waals surface area contributed by atoms with Crippen LogP contribution in [-0.2, 0) is 28.9 Å². The predicted octanol–water partition coefficient (Wildman–Crippen LogP) is 3.54. The minimum absolute atomic E-state index is 0.123. The molecule has 0 fully saturated rings. The van der Waals surface area contributed by atoms with E-state index in [9.17, 15) is 4.79 Å². The van der Waals surface area contributed by atoms with Gasteiger partial charge in [0, 0.05) is 25.1 Å². The van der Waals surface area contributed by atoms with Gasteiger partial charge in [-0.25, -0.2) is 4.98 Å². The Hall–Kier alpha value is -1.72. The van der Waals surface area contributed by atoms with E-state index >= 15 is 0 Å². The minimum atomic E-state index is 0.123. The fourth-order valence-electron chi connectivity index (χ4n) is 2.58. The van der Waals surface area contributed by atoms with Crippen LogP contribution in [0.25, 0.3) is 0 Å². The van der Waals surface area contributed by atoms with Crippen LogP contribution in [0.4, 0.5) is 0 Å². The third kappa shape index (κ3) is 5.14. The number of thiazole rings is 1. The molecule has 1 heterocycles. The van der Waals surface area contributed by atoms with Crippen LogP contribution >= 0.6 is 11.3 Å². The maximum atomic E-state index is 12.8. The number of amides is 1. The maximum Gasteiger partial charge on any atom is 0.228 e. The lowest BCUT2D eigenvalue weighted by Gasteiger charge is -2.22. The Morgan fingerprint density at radius 1 is 1.21 bits per heavy atom. The summed E-state index contributed by atoms with van der Waals surface area (Å²) in [7, 11) is 1.66. The smallest absolute Gasteiger partial charge is 0.228 e. The number of carbonyl (C=O) groups is 1. The molecule has 0 spiro atoms. The summed E-state index contributed by atoms with van der Waals surface area (Å²) in [5.41, 5.74) is 3.42. The van der Waals surface area contributed by atoms with E-state index in [1.54, 1.807) is 18.4 Å². The van der Waals surface area contributed by atoms with E-state index in [4.69, 9.17) is 4.74 Å². The standard InChI is InChI=1S/C19H26N2O2S/c1-5-16-6-8-17(9-7-16)13-21(10-11-23-4)19(22)12-18-14(2)20-15(3)24-18/h6-9H,5,10-13H2,1-4H3. The highest BCUT2D eigenvalue weighted by Gasteiger charge is 2.17. The Kier molecular flexibility index (Phi) is 6.94. The van der Waals surface area contributed by atoms with Crippen molar-refractivity contribution in [2.45, 2.75) is 40.2 Å². The number of benzene rings is 1. The highest BCUT2D eigenvalue weighted by atomic mass is 32.1. The zero-order valence-corrected chi connectivity index (χ0v) is 15.8. The second-order valence-electron chi connectivity index (χ2n) is 5.90. The van der Waals surface area contributed by atoms with Gasteiger partial charge in [-0.15, -0.1) is 11.3 Å². The lowest BCUT2D eigenvalue weighted by atomic mass is 10.1. The molecule has 1 aromatic heterocycles. The van der Waals surface area contributed by atoms with Crippen LogP contribution < -0.4 is 0 Å². The van der Waals surface area contributed by atoms with E-state index < -0.39 is 0 Å². The van der Waals surface area contributed by atoms with E-state index in [0.717, 1.165) is 27.6 Å². The largest absolute Gasteiger partial charge is 0.383 e. The lowest BCUT2D eigenvalue weighted by Crippen LogP contribution is -2.34. The Labute approximate surface area is 148 Å². The van der Waals surface area contributed by atoms with E-state index in [1.807, 2.05) is 18.7 Å². The normalized spacial score (nSPS) is 10.8. The van der Waals surface area contributed by atoms with Crippen molar-refractivity contribution in [2.75, 3.05) is 20.3 Å². The van der Waals surface area contributed by atoms with Gasteiger partial charge >= 0.3 is 0 Å². The van der Waals surface area contributed by atoms with Gasteiger partial charge in [0.05, 0.1) is 23.7 Å². The molecule has 0 aliphatic heterocycles. The van der Waals surface area contributed by atoms with Crippen molar-refractivity contribution in [3.63, 3.8) is 0 Å². The number of hydrogen-bond donors (Lipinski definition) is 0. The summed E-state index contributed by atoms with van der Waals surface area (Å²) in [5, 5.41) is 1.01. The fourth-order valence-corrected chi connectivity index (χ4v) is 3.51. The zero-order valence-electron chi connectivity index (χ0n) is 15.0. The molecule has 0 N–H and O–H groups in total. The van der Waals surface area contributed by atoms with Gasteiger partial charge in [0.2, 0.25) is 5.91 Å². The summed E-state index contributed by atoms with van der Waals surface area (Å²) in [6, 6.07) is 8.47. The van der Waals surface area contributed by atoms with Gasteiger partial charge in [-0.2, -0.15) is 0 Å². The Bertz CT molecular complexity index is 665. The van der Waals surface area contributed by atoms with Crippen LogP contribution in [0, 0.1) is 13.8 Å². The predicted molar refractivity (Wildman–Crippen MR) is 98.4 cm³/mol. The summed E-state index contributed by atoms with van der Waals surface area (Å²) in [6.45, 7) is 7.84. The monoisotopic (exact) mass is 346 g/mol. The average molecular weight is 346 g/mol. The highest BCUT2D eigenvalue weighted by Crippen LogP contribution is 2.19. The number of rotatable bonds is 8. The van der Waals surface area contributed by atoms with Crippen LogP contribution in [-0.4, -0.2) is 36.1 Å². The van der Waals surface area contributed by atoms with Crippen molar-refractivity contribution in [3.8, 4) is 0 Å². The first-order valence-electron chi connectivity index (χ1n) is 8.31. The molecule has 2 rings (SSSR count). The lowest BCUT2D eigenvalue weighted by molar-refractivity contribution is -0.131. The number of ether oxygens (including phenoxy) is 1. The Balaban J connectivity index is 2.08. The molecule has 130 valence electrons. The van der Waals surface area contributed by atoms with Crippen LogP contribution in [0.1, 0.15) is 33.6 Å². The molecule has 5 heteroatoms. The molecule has 0 aliphatic rings. The Morgan fingerprint density at radius 2 is 1.88 bits per heavy atom. The fraction of sp³-hybridized carbons (Fsp3) is 0.474. The molecule has 0 saturated heterocycles. The molecule has 0 unspecified atom stereocenters. The molecular formula is C19H26N2O2S. The van der Waals surface area contributed by atoms with E-state index in [1.165, 1.54) is 5.56 Å². The number of hydrogen-bond acceptors (Lipinski definition) is 4. The van der Waals surface area contributed by atoms with Crippen LogP contribution in [0.2, 0.25) is 0 Å². The second-order valence-corrected chi connectivity index (χ2v) is 7.18. The van der Waals surface area contributed by atoms with Gasteiger partial charge < -0.3 is 9.64 Å². The third-order valence-corrected chi connectivity index (χ3v) is 5.11. The van der Waals surface area contributed by atoms with Crippen molar-refractivity contribution in [2.24, 2.45) is 0 Å². The van der Waals surface area contributed by atoms with Crippen molar-refractivity contribution in [1.82, 2.24) is 9.88 Å². The van der Waals surface area contributed by atoms with Crippen LogP contribution in [0.15, 0.2) is 24.3 Å². The molecular weight excluding hydrogens is 320 g/mol. The van der Waals surface area contributed by atoms with E-state index in [-0.39, 0.29) is 5.91 Å². The minimum Gasteiger partial charge on any atom is -0.383 e. The molecule has 1 aromatic carbocycles. The molecule has 0 saturated carbocycles. The number of methoxy groups -OCH3 is 1. The first-order chi connectivity index (χ1) is 11.5. The number of carbonyl (C=O) groups excluding carboxylic acids is 1. The molecule has 2 aromatic rings. The number of aromatic nitrogens is 1. The zero-order chi connectivity index (χ0) is 17.5. The van der Waals surface area contributed by atoms with Gasteiger partial charge in [-0.3, -0.25) is 4.79 Å². The van der Waals surface area contributed by atoms with Gasteiger partial charge in [0.15, 0.2) is 0 Å². The van der Waals surface area contributed by atoms with Gasteiger partial charge in [-0.1, -0.05) is 31.2 Å². The molecule has 0 radical (unpaired) electrons. The summed E-state index contributed by atoms with van der Waals surface area (Å²) >= 11 is 1.61.